The van der Waals surface area contributed by atoms with Gasteiger partial charge in [0, 0.05) is 12.3 Å². The highest BCUT2D eigenvalue weighted by molar-refractivity contribution is 6.13. The van der Waals surface area contributed by atoms with Gasteiger partial charge in [-0.15, -0.1) is 0 Å². The van der Waals surface area contributed by atoms with Crippen molar-refractivity contribution in [3.8, 4) is 0 Å². The van der Waals surface area contributed by atoms with Crippen LogP contribution in [-0.2, 0) is 11.2 Å². The van der Waals surface area contributed by atoms with E-state index in [0.717, 1.165) is 25.0 Å². The van der Waals surface area contributed by atoms with Gasteiger partial charge in [-0.05, 0) is 50.2 Å². The van der Waals surface area contributed by atoms with Crippen LogP contribution in [0.5, 0.6) is 0 Å². The molecular formula is C20H27NO. The van der Waals surface area contributed by atoms with Crippen molar-refractivity contribution in [3.05, 3.63) is 35.4 Å². The maximum absolute atomic E-state index is 12.8. The van der Waals surface area contributed by atoms with E-state index < -0.39 is 0 Å². The lowest BCUT2D eigenvalue weighted by Crippen LogP contribution is -2.31. The van der Waals surface area contributed by atoms with Gasteiger partial charge in [-0.3, -0.25) is 9.79 Å². The monoisotopic (exact) mass is 297 g/mol. The fourth-order valence-electron chi connectivity index (χ4n) is 4.06. The summed E-state index contributed by atoms with van der Waals surface area (Å²) >= 11 is 0. The first-order valence-electron chi connectivity index (χ1n) is 8.64. The van der Waals surface area contributed by atoms with Gasteiger partial charge in [0.15, 0.2) is 0 Å². The fourth-order valence-corrected chi connectivity index (χ4v) is 4.06. The first kappa shape index (κ1) is 15.5. The highest BCUT2D eigenvalue weighted by Gasteiger charge is 2.30. The third-order valence-electron chi connectivity index (χ3n) is 5.12. The summed E-state index contributed by atoms with van der Waals surface area (Å²) in [7, 11) is 0. The summed E-state index contributed by atoms with van der Waals surface area (Å²) in [6.07, 6.45) is 6.09. The molecule has 0 saturated heterocycles. The normalized spacial score (nSPS) is 27.0. The van der Waals surface area contributed by atoms with Gasteiger partial charge in [0.25, 0.3) is 0 Å². The summed E-state index contributed by atoms with van der Waals surface area (Å²) < 4.78 is 0. The van der Waals surface area contributed by atoms with E-state index in [0.29, 0.717) is 18.1 Å². The van der Waals surface area contributed by atoms with Crippen LogP contribution in [0.1, 0.15) is 64.0 Å². The Morgan fingerprint density at radius 1 is 1.27 bits per heavy atom. The quantitative estimate of drug-likeness (QED) is 0.802. The number of nitrogens with zero attached hydrogens (tertiary/aromatic N) is 1. The van der Waals surface area contributed by atoms with Crippen LogP contribution in [0.15, 0.2) is 29.3 Å². The highest BCUT2D eigenvalue weighted by Crippen LogP contribution is 2.32. The minimum Gasteiger partial charge on any atom is -0.299 e. The molecule has 1 aromatic rings. The highest BCUT2D eigenvalue weighted by atomic mass is 16.1. The second-order valence-corrected chi connectivity index (χ2v) is 7.82. The molecule has 1 aliphatic heterocycles. The fraction of sp³-hybridized carbons (Fsp3) is 0.600. The molecule has 0 bridgehead atoms. The van der Waals surface area contributed by atoms with E-state index in [2.05, 4.69) is 45.0 Å². The Balaban J connectivity index is 1.81. The Kier molecular flexibility index (Phi) is 4.20. The molecule has 118 valence electrons. The molecule has 1 aliphatic carbocycles. The minimum absolute atomic E-state index is 0.0934. The van der Waals surface area contributed by atoms with E-state index in [1.54, 1.807) is 0 Å². The first-order chi connectivity index (χ1) is 10.4. The van der Waals surface area contributed by atoms with Crippen LogP contribution >= 0.6 is 0 Å². The lowest BCUT2D eigenvalue weighted by molar-refractivity contribution is -0.123. The number of fused-ring (bicyclic) bond motifs is 1. The third-order valence-corrected chi connectivity index (χ3v) is 5.12. The number of Topliss-reactive ketones (excluding diaryl/α,β-unsaturated/α-hetero) is 1. The third kappa shape index (κ3) is 3.31. The second kappa shape index (κ2) is 5.98. The molecule has 1 saturated carbocycles. The minimum atomic E-state index is -0.0934. The number of rotatable bonds is 3. The molecule has 0 aromatic heterocycles. The van der Waals surface area contributed by atoms with Crippen molar-refractivity contribution in [2.24, 2.45) is 16.8 Å². The van der Waals surface area contributed by atoms with Gasteiger partial charge in [0.2, 0.25) is 0 Å². The Hall–Kier alpha value is -1.44. The topological polar surface area (TPSA) is 29.4 Å². The van der Waals surface area contributed by atoms with E-state index in [4.69, 9.17) is 4.99 Å². The summed E-state index contributed by atoms with van der Waals surface area (Å²) in [5.41, 5.74) is 3.44. The molecular weight excluding hydrogens is 270 g/mol. The second-order valence-electron chi connectivity index (χ2n) is 7.82. The Morgan fingerprint density at radius 3 is 2.82 bits per heavy atom. The molecule has 0 N–H and O–H groups in total. The molecule has 2 aliphatic rings. The van der Waals surface area contributed by atoms with Gasteiger partial charge >= 0.3 is 0 Å². The van der Waals surface area contributed by atoms with Gasteiger partial charge < -0.3 is 0 Å². The predicted octanol–water partition coefficient (Wildman–Crippen LogP) is 4.60. The number of aliphatic imine (C=N–C) groups is 1. The predicted molar refractivity (Wildman–Crippen MR) is 91.5 cm³/mol. The van der Waals surface area contributed by atoms with Gasteiger partial charge in [-0.25, -0.2) is 0 Å². The van der Waals surface area contributed by atoms with E-state index in [9.17, 15) is 4.79 Å². The molecule has 0 amide bonds. The van der Waals surface area contributed by atoms with Gasteiger partial charge in [0.1, 0.15) is 5.78 Å². The summed E-state index contributed by atoms with van der Waals surface area (Å²) in [6.45, 7) is 6.60. The van der Waals surface area contributed by atoms with Crippen molar-refractivity contribution < 1.29 is 4.79 Å². The zero-order chi connectivity index (χ0) is 15.7. The van der Waals surface area contributed by atoms with Crippen molar-refractivity contribution in [2.75, 3.05) is 0 Å². The molecule has 3 rings (SSSR count). The molecule has 0 spiro atoms. The van der Waals surface area contributed by atoms with E-state index in [-0.39, 0.29) is 11.5 Å². The number of carbonyl (C=O) groups excluding carboxylic acids is 1. The molecule has 0 unspecified atom stereocenters. The standard InChI is InChI=1S/C20H27NO/c1-14-7-6-9-15(11-14)19(22)12-18-17-10-5-4-8-16(17)13-20(2,3)21-18/h4-5,8,10,14-15H,6-7,9,11-13H2,1-3H3/t14-,15+/m0/s1. The van der Waals surface area contributed by atoms with Crippen molar-refractivity contribution in [1.29, 1.82) is 0 Å². The summed E-state index contributed by atoms with van der Waals surface area (Å²) in [6, 6.07) is 8.45. The summed E-state index contributed by atoms with van der Waals surface area (Å²) in [5, 5.41) is 0. The smallest absolute Gasteiger partial charge is 0.141 e. The maximum Gasteiger partial charge on any atom is 0.141 e. The van der Waals surface area contributed by atoms with Crippen molar-refractivity contribution in [3.63, 3.8) is 0 Å². The van der Waals surface area contributed by atoms with Gasteiger partial charge in [0.05, 0.1) is 11.3 Å². The first-order valence-corrected chi connectivity index (χ1v) is 8.64. The van der Waals surface area contributed by atoms with Crippen LogP contribution in [0, 0.1) is 11.8 Å². The average Bonchev–Trinajstić information content (AvgIpc) is 2.46. The van der Waals surface area contributed by atoms with Crippen LogP contribution in [0.3, 0.4) is 0 Å². The largest absolute Gasteiger partial charge is 0.299 e. The van der Waals surface area contributed by atoms with Gasteiger partial charge in [-0.2, -0.15) is 0 Å². The number of ketones is 1. The summed E-state index contributed by atoms with van der Waals surface area (Å²) in [4.78, 5) is 17.7. The van der Waals surface area contributed by atoms with Crippen molar-refractivity contribution >= 4 is 11.5 Å². The van der Waals surface area contributed by atoms with Crippen LogP contribution in [0.2, 0.25) is 0 Å². The Bertz CT molecular complexity index is 599. The molecule has 1 fully saturated rings. The molecule has 1 heterocycles. The van der Waals surface area contributed by atoms with E-state index >= 15 is 0 Å². The lowest BCUT2D eigenvalue weighted by atomic mass is 9.78. The molecule has 2 heteroatoms. The average molecular weight is 297 g/mol. The number of benzene rings is 1. The molecule has 2 atom stereocenters. The lowest BCUT2D eigenvalue weighted by Gasteiger charge is -2.30. The zero-order valence-electron chi connectivity index (χ0n) is 14.1. The van der Waals surface area contributed by atoms with Crippen molar-refractivity contribution in [2.45, 2.75) is 64.8 Å². The molecule has 22 heavy (non-hydrogen) atoms. The van der Waals surface area contributed by atoms with Gasteiger partial charge in [-0.1, -0.05) is 44.0 Å². The molecule has 0 radical (unpaired) electrons. The van der Waals surface area contributed by atoms with Crippen LogP contribution in [0.4, 0.5) is 0 Å². The Morgan fingerprint density at radius 2 is 2.05 bits per heavy atom. The number of hydrogen-bond donors (Lipinski definition) is 0. The number of hydrogen-bond acceptors (Lipinski definition) is 2. The zero-order valence-corrected chi connectivity index (χ0v) is 14.1. The Labute approximate surface area is 134 Å². The number of carbonyl (C=O) groups is 1. The van der Waals surface area contributed by atoms with E-state index in [1.807, 2.05) is 0 Å². The SMILES string of the molecule is C[C@H]1CCC[C@@H](C(=O)CC2=NC(C)(C)Cc3ccccc32)C1. The van der Waals surface area contributed by atoms with Crippen LogP contribution in [0.25, 0.3) is 0 Å². The molecule has 2 nitrogen and oxygen atoms in total. The summed E-state index contributed by atoms with van der Waals surface area (Å²) in [5.74, 6) is 1.35. The maximum atomic E-state index is 12.8. The van der Waals surface area contributed by atoms with Crippen LogP contribution in [-0.4, -0.2) is 17.0 Å². The molecule has 1 aromatic carbocycles. The van der Waals surface area contributed by atoms with E-state index in [1.165, 1.54) is 24.0 Å². The van der Waals surface area contributed by atoms with Crippen molar-refractivity contribution in [1.82, 2.24) is 0 Å². The van der Waals surface area contributed by atoms with Crippen LogP contribution < -0.4 is 0 Å².